The van der Waals surface area contributed by atoms with Crippen molar-refractivity contribution in [1.82, 2.24) is 9.61 Å². The van der Waals surface area contributed by atoms with Crippen LogP contribution in [-0.4, -0.2) is 22.2 Å². The molecule has 0 radical (unpaired) electrons. The van der Waals surface area contributed by atoms with Crippen LogP contribution in [0.1, 0.15) is 42.6 Å². The third kappa shape index (κ3) is 2.99. The summed E-state index contributed by atoms with van der Waals surface area (Å²) in [7, 11) is 0. The summed E-state index contributed by atoms with van der Waals surface area (Å²) in [5, 5.41) is 4.40. The van der Waals surface area contributed by atoms with Gasteiger partial charge in [-0.15, -0.1) is 0 Å². The zero-order valence-electron chi connectivity index (χ0n) is 14.2. The molecule has 0 atom stereocenters. The Balaban J connectivity index is 2.40. The molecule has 130 valence electrons. The second kappa shape index (κ2) is 6.63. The molecular formula is C19H18F2N2O2. The predicted octanol–water partition coefficient (Wildman–Crippen LogP) is 4.58. The molecule has 0 aliphatic heterocycles. The van der Waals surface area contributed by atoms with Crippen LogP contribution in [-0.2, 0) is 4.74 Å². The van der Waals surface area contributed by atoms with E-state index in [2.05, 4.69) is 5.10 Å². The highest BCUT2D eigenvalue weighted by Gasteiger charge is 2.26. The lowest BCUT2D eigenvalue weighted by Gasteiger charge is -2.18. The second-order valence-electron chi connectivity index (χ2n) is 5.97. The number of nitrogens with zero attached hydrogens (tertiary/aromatic N) is 2. The van der Waals surface area contributed by atoms with Gasteiger partial charge >= 0.3 is 5.97 Å². The van der Waals surface area contributed by atoms with Gasteiger partial charge in [-0.1, -0.05) is 13.8 Å². The van der Waals surface area contributed by atoms with Gasteiger partial charge in [-0.3, -0.25) is 0 Å². The molecule has 6 heteroatoms. The minimum absolute atomic E-state index is 0.0259. The average molecular weight is 344 g/mol. The minimum atomic E-state index is -0.778. The summed E-state index contributed by atoms with van der Waals surface area (Å²) in [5.74, 6) is -2.06. The second-order valence-corrected chi connectivity index (χ2v) is 5.97. The van der Waals surface area contributed by atoms with Crippen LogP contribution in [0.4, 0.5) is 8.78 Å². The first kappa shape index (κ1) is 17.1. The average Bonchev–Trinajstić information content (AvgIpc) is 3.01. The molecule has 0 amide bonds. The zero-order chi connectivity index (χ0) is 18.1. The van der Waals surface area contributed by atoms with Crippen molar-refractivity contribution in [3.63, 3.8) is 0 Å². The molecule has 0 aliphatic rings. The molecule has 3 aromatic rings. The van der Waals surface area contributed by atoms with Gasteiger partial charge in [-0.05, 0) is 42.7 Å². The summed E-state index contributed by atoms with van der Waals surface area (Å²) in [6.45, 7) is 5.77. The van der Waals surface area contributed by atoms with Crippen molar-refractivity contribution in [3.05, 3.63) is 59.3 Å². The Labute approximate surface area is 144 Å². The van der Waals surface area contributed by atoms with Crippen molar-refractivity contribution in [2.75, 3.05) is 6.61 Å². The lowest BCUT2D eigenvalue weighted by molar-refractivity contribution is 0.0525. The van der Waals surface area contributed by atoms with E-state index in [4.69, 9.17) is 4.74 Å². The molecule has 2 aromatic heterocycles. The number of ether oxygens (including phenoxy) is 1. The normalized spacial score (nSPS) is 11.3. The third-order valence-corrected chi connectivity index (χ3v) is 3.96. The van der Waals surface area contributed by atoms with Crippen LogP contribution in [0.2, 0.25) is 0 Å². The number of benzene rings is 1. The number of halogens is 2. The highest BCUT2D eigenvalue weighted by Crippen LogP contribution is 2.33. The number of aromatic nitrogens is 2. The Kier molecular flexibility index (Phi) is 4.53. The lowest BCUT2D eigenvalue weighted by Crippen LogP contribution is -2.15. The molecule has 1 aromatic carbocycles. The Bertz CT molecular complexity index is 948. The largest absolute Gasteiger partial charge is 0.462 e. The monoisotopic (exact) mass is 344 g/mol. The van der Waals surface area contributed by atoms with E-state index in [9.17, 15) is 13.6 Å². The van der Waals surface area contributed by atoms with Crippen molar-refractivity contribution < 1.29 is 18.3 Å². The van der Waals surface area contributed by atoms with Crippen molar-refractivity contribution >= 4 is 11.5 Å². The molecule has 0 aliphatic carbocycles. The number of rotatable bonds is 4. The van der Waals surface area contributed by atoms with E-state index >= 15 is 0 Å². The zero-order valence-corrected chi connectivity index (χ0v) is 14.2. The Morgan fingerprint density at radius 2 is 2.04 bits per heavy atom. The van der Waals surface area contributed by atoms with Gasteiger partial charge < -0.3 is 4.74 Å². The summed E-state index contributed by atoms with van der Waals surface area (Å²) in [5.41, 5.74) is 1.89. The molecule has 0 unspecified atom stereocenters. The summed E-state index contributed by atoms with van der Waals surface area (Å²) < 4.78 is 34.5. The van der Waals surface area contributed by atoms with E-state index in [1.54, 1.807) is 23.7 Å². The standard InChI is InChI=1S/C19H18F2N2O2/c1-4-25-19(24)17-16(11(2)3)15-6-5-9-23(15)22-18(17)13-8-7-12(20)10-14(13)21/h5-11H,4H2,1-3H3. The van der Waals surface area contributed by atoms with Crippen LogP contribution >= 0.6 is 0 Å². The van der Waals surface area contributed by atoms with E-state index in [-0.39, 0.29) is 29.3 Å². The fourth-order valence-electron chi connectivity index (χ4n) is 2.95. The van der Waals surface area contributed by atoms with Gasteiger partial charge in [-0.25, -0.2) is 18.1 Å². The number of fused-ring (bicyclic) bond motifs is 1. The van der Waals surface area contributed by atoms with Crippen molar-refractivity contribution in [1.29, 1.82) is 0 Å². The Hall–Kier alpha value is -2.76. The molecule has 0 spiro atoms. The maximum atomic E-state index is 14.4. The fourth-order valence-corrected chi connectivity index (χ4v) is 2.95. The molecule has 3 rings (SSSR count). The van der Waals surface area contributed by atoms with E-state index in [1.165, 1.54) is 6.07 Å². The SMILES string of the molecule is CCOC(=O)c1c(-c2ccc(F)cc2F)nn2cccc2c1C(C)C. The Morgan fingerprint density at radius 1 is 1.28 bits per heavy atom. The molecule has 0 N–H and O–H groups in total. The number of hydrogen-bond donors (Lipinski definition) is 0. The van der Waals surface area contributed by atoms with Gasteiger partial charge in [-0.2, -0.15) is 5.10 Å². The van der Waals surface area contributed by atoms with Crippen LogP contribution in [0.5, 0.6) is 0 Å². The van der Waals surface area contributed by atoms with Crippen molar-refractivity contribution in [3.8, 4) is 11.3 Å². The summed E-state index contributed by atoms with van der Waals surface area (Å²) >= 11 is 0. The van der Waals surface area contributed by atoms with Crippen LogP contribution in [0, 0.1) is 11.6 Å². The number of carbonyl (C=O) groups excluding carboxylic acids is 1. The van der Waals surface area contributed by atoms with E-state index in [0.29, 0.717) is 0 Å². The van der Waals surface area contributed by atoms with Gasteiger partial charge in [0.25, 0.3) is 0 Å². The first-order valence-corrected chi connectivity index (χ1v) is 8.07. The van der Waals surface area contributed by atoms with Crippen LogP contribution in [0.15, 0.2) is 36.5 Å². The van der Waals surface area contributed by atoms with Gasteiger partial charge in [0.15, 0.2) is 0 Å². The van der Waals surface area contributed by atoms with Gasteiger partial charge in [0.05, 0.1) is 17.7 Å². The first-order chi connectivity index (χ1) is 11.9. The van der Waals surface area contributed by atoms with Gasteiger partial charge in [0, 0.05) is 17.8 Å². The molecule has 0 saturated carbocycles. The van der Waals surface area contributed by atoms with E-state index < -0.39 is 17.6 Å². The smallest absolute Gasteiger partial charge is 0.340 e. The lowest BCUT2D eigenvalue weighted by atomic mass is 9.93. The molecule has 25 heavy (non-hydrogen) atoms. The Morgan fingerprint density at radius 3 is 2.68 bits per heavy atom. The number of hydrogen-bond acceptors (Lipinski definition) is 3. The van der Waals surface area contributed by atoms with Gasteiger partial charge in [0.2, 0.25) is 0 Å². The topological polar surface area (TPSA) is 43.6 Å². The third-order valence-electron chi connectivity index (χ3n) is 3.96. The number of carbonyl (C=O) groups is 1. The maximum absolute atomic E-state index is 14.4. The number of esters is 1. The highest BCUT2D eigenvalue weighted by atomic mass is 19.1. The minimum Gasteiger partial charge on any atom is -0.462 e. The summed E-state index contributed by atoms with van der Waals surface area (Å²) in [4.78, 5) is 12.6. The highest BCUT2D eigenvalue weighted by molar-refractivity contribution is 5.99. The van der Waals surface area contributed by atoms with Crippen molar-refractivity contribution in [2.45, 2.75) is 26.7 Å². The van der Waals surface area contributed by atoms with Crippen LogP contribution in [0.25, 0.3) is 16.8 Å². The van der Waals surface area contributed by atoms with Crippen LogP contribution < -0.4 is 0 Å². The van der Waals surface area contributed by atoms with E-state index in [1.807, 2.05) is 19.9 Å². The summed E-state index contributed by atoms with van der Waals surface area (Å²) in [6, 6.07) is 6.85. The van der Waals surface area contributed by atoms with Crippen LogP contribution in [0.3, 0.4) is 0 Å². The predicted molar refractivity (Wildman–Crippen MR) is 90.6 cm³/mol. The van der Waals surface area contributed by atoms with Crippen molar-refractivity contribution in [2.24, 2.45) is 0 Å². The molecule has 0 bridgehead atoms. The van der Waals surface area contributed by atoms with E-state index in [0.717, 1.165) is 23.2 Å². The quantitative estimate of drug-likeness (QED) is 0.651. The molecule has 0 fully saturated rings. The summed E-state index contributed by atoms with van der Waals surface area (Å²) in [6.07, 6.45) is 1.72. The first-order valence-electron chi connectivity index (χ1n) is 8.07. The molecule has 4 nitrogen and oxygen atoms in total. The molecule has 0 saturated heterocycles. The maximum Gasteiger partial charge on any atom is 0.340 e. The molecule has 2 heterocycles. The fraction of sp³-hybridized carbons (Fsp3) is 0.263. The molecular weight excluding hydrogens is 326 g/mol. The van der Waals surface area contributed by atoms with Gasteiger partial charge in [0.1, 0.15) is 17.3 Å².